The van der Waals surface area contributed by atoms with Crippen molar-refractivity contribution in [3.63, 3.8) is 0 Å². The smallest absolute Gasteiger partial charge is 0.0587 e. The van der Waals surface area contributed by atoms with E-state index in [1.54, 1.807) is 7.11 Å². The average Bonchev–Trinajstić information content (AvgIpc) is 2.46. The molecule has 20 heavy (non-hydrogen) atoms. The zero-order valence-electron chi connectivity index (χ0n) is 12.4. The van der Waals surface area contributed by atoms with Crippen molar-refractivity contribution in [1.82, 2.24) is 5.32 Å². The van der Waals surface area contributed by atoms with Gasteiger partial charge < -0.3 is 20.1 Å². The summed E-state index contributed by atoms with van der Waals surface area (Å²) in [6, 6.07) is 5.96. The van der Waals surface area contributed by atoms with Crippen LogP contribution in [-0.2, 0) is 11.3 Å². The van der Waals surface area contributed by atoms with Crippen molar-refractivity contribution in [2.45, 2.75) is 19.9 Å². The van der Waals surface area contributed by atoms with Gasteiger partial charge in [-0.1, -0.05) is 11.6 Å². The summed E-state index contributed by atoms with van der Waals surface area (Å²) in [5, 5.41) is 13.1. The van der Waals surface area contributed by atoms with E-state index < -0.39 is 0 Å². The zero-order valence-corrected chi connectivity index (χ0v) is 13.1. The van der Waals surface area contributed by atoms with Gasteiger partial charge in [0.15, 0.2) is 0 Å². The minimum Gasteiger partial charge on any atom is -0.396 e. The van der Waals surface area contributed by atoms with Crippen LogP contribution in [0.5, 0.6) is 0 Å². The number of nitrogens with zero attached hydrogens (tertiary/aromatic N) is 1. The molecule has 1 aromatic carbocycles. The number of hydrogen-bond donors (Lipinski definition) is 2. The van der Waals surface area contributed by atoms with E-state index in [9.17, 15) is 0 Å². The largest absolute Gasteiger partial charge is 0.396 e. The van der Waals surface area contributed by atoms with Crippen LogP contribution in [-0.4, -0.2) is 45.1 Å². The van der Waals surface area contributed by atoms with Gasteiger partial charge in [0.25, 0.3) is 0 Å². The van der Waals surface area contributed by atoms with E-state index in [1.165, 1.54) is 11.3 Å². The molecule has 0 radical (unpaired) electrons. The van der Waals surface area contributed by atoms with Crippen LogP contribution in [0.2, 0.25) is 5.02 Å². The first-order chi connectivity index (χ1) is 9.72. The number of ether oxygens (including phenoxy) is 1. The molecular formula is C15H25ClN2O2. The fourth-order valence-electron chi connectivity index (χ4n) is 2.11. The second-order valence-corrected chi connectivity index (χ2v) is 5.04. The molecule has 0 unspecified atom stereocenters. The fourth-order valence-corrected chi connectivity index (χ4v) is 2.31. The first-order valence-electron chi connectivity index (χ1n) is 7.06. The molecule has 1 aromatic rings. The Hall–Kier alpha value is -0.810. The number of rotatable bonds is 10. The molecule has 0 amide bonds. The number of aliphatic hydroxyl groups excluding tert-OH is 1. The van der Waals surface area contributed by atoms with E-state index in [1.807, 2.05) is 12.1 Å². The van der Waals surface area contributed by atoms with Gasteiger partial charge in [0.1, 0.15) is 0 Å². The minimum absolute atomic E-state index is 0.214. The quantitative estimate of drug-likeness (QED) is 0.651. The summed E-state index contributed by atoms with van der Waals surface area (Å²) in [6.45, 7) is 6.35. The van der Waals surface area contributed by atoms with Gasteiger partial charge in [-0.15, -0.1) is 0 Å². The van der Waals surface area contributed by atoms with Gasteiger partial charge >= 0.3 is 0 Å². The van der Waals surface area contributed by atoms with Gasteiger partial charge in [0, 0.05) is 50.6 Å². The second kappa shape index (κ2) is 10.00. The predicted molar refractivity (Wildman–Crippen MR) is 84.6 cm³/mol. The van der Waals surface area contributed by atoms with Crippen molar-refractivity contribution < 1.29 is 9.84 Å². The molecular weight excluding hydrogens is 276 g/mol. The lowest BCUT2D eigenvalue weighted by atomic mass is 10.1. The van der Waals surface area contributed by atoms with Crippen LogP contribution in [0.15, 0.2) is 18.2 Å². The molecule has 5 heteroatoms. The molecule has 0 saturated heterocycles. The maximum atomic E-state index is 9.00. The third-order valence-corrected chi connectivity index (χ3v) is 3.38. The summed E-state index contributed by atoms with van der Waals surface area (Å²) in [5.74, 6) is 0. The van der Waals surface area contributed by atoms with Crippen LogP contribution in [0.4, 0.5) is 5.69 Å². The molecule has 4 nitrogen and oxygen atoms in total. The van der Waals surface area contributed by atoms with Crippen LogP contribution in [0.3, 0.4) is 0 Å². The van der Waals surface area contributed by atoms with Gasteiger partial charge in [0.2, 0.25) is 0 Å². The first kappa shape index (κ1) is 17.2. The number of methoxy groups -OCH3 is 1. The number of hydrogen-bond acceptors (Lipinski definition) is 4. The van der Waals surface area contributed by atoms with Crippen LogP contribution < -0.4 is 10.2 Å². The summed E-state index contributed by atoms with van der Waals surface area (Å²) in [5.41, 5.74) is 2.35. The van der Waals surface area contributed by atoms with Crippen LogP contribution in [0.25, 0.3) is 0 Å². The molecule has 0 aliphatic heterocycles. The standard InChI is InChI=1S/C15H25ClN2O2/c1-3-18(8-4-9-19)15-6-5-14(16)11-13(15)12-17-7-10-20-2/h5-6,11,17,19H,3-4,7-10,12H2,1-2H3. The van der Waals surface area contributed by atoms with E-state index in [0.717, 1.165) is 37.6 Å². The average molecular weight is 301 g/mol. The Morgan fingerprint density at radius 2 is 2.20 bits per heavy atom. The molecule has 0 saturated carbocycles. The molecule has 0 aromatic heterocycles. The molecule has 2 N–H and O–H groups in total. The summed E-state index contributed by atoms with van der Waals surface area (Å²) < 4.78 is 5.03. The topological polar surface area (TPSA) is 44.7 Å². The Bertz CT molecular complexity index is 388. The van der Waals surface area contributed by atoms with Crippen LogP contribution in [0.1, 0.15) is 18.9 Å². The molecule has 0 heterocycles. The van der Waals surface area contributed by atoms with Gasteiger partial charge in [-0.05, 0) is 37.1 Å². The van der Waals surface area contributed by atoms with Crippen LogP contribution in [0, 0.1) is 0 Å². The second-order valence-electron chi connectivity index (χ2n) is 4.60. The Kier molecular flexibility index (Phi) is 8.62. The lowest BCUT2D eigenvalue weighted by molar-refractivity contribution is 0.199. The highest BCUT2D eigenvalue weighted by Gasteiger charge is 2.10. The van der Waals surface area contributed by atoms with E-state index in [4.69, 9.17) is 21.4 Å². The third kappa shape index (κ3) is 5.67. The minimum atomic E-state index is 0.214. The first-order valence-corrected chi connectivity index (χ1v) is 7.44. The molecule has 0 atom stereocenters. The maximum absolute atomic E-state index is 9.00. The Morgan fingerprint density at radius 3 is 2.85 bits per heavy atom. The molecule has 0 aliphatic rings. The SMILES string of the molecule is CCN(CCCO)c1ccc(Cl)cc1CNCCOC. The number of benzene rings is 1. The summed E-state index contributed by atoms with van der Waals surface area (Å²) in [6.07, 6.45) is 0.771. The Morgan fingerprint density at radius 1 is 1.40 bits per heavy atom. The highest BCUT2D eigenvalue weighted by Crippen LogP contribution is 2.24. The molecule has 0 fully saturated rings. The number of aliphatic hydroxyl groups is 1. The van der Waals surface area contributed by atoms with Crippen molar-refractivity contribution >= 4 is 17.3 Å². The zero-order chi connectivity index (χ0) is 14.8. The third-order valence-electron chi connectivity index (χ3n) is 3.15. The lowest BCUT2D eigenvalue weighted by Crippen LogP contribution is -2.27. The van der Waals surface area contributed by atoms with Crippen molar-refractivity contribution in [3.8, 4) is 0 Å². The van der Waals surface area contributed by atoms with Gasteiger partial charge in [-0.3, -0.25) is 0 Å². The van der Waals surface area contributed by atoms with E-state index in [0.29, 0.717) is 6.61 Å². The summed E-state index contributed by atoms with van der Waals surface area (Å²) in [4.78, 5) is 2.26. The van der Waals surface area contributed by atoms with Crippen molar-refractivity contribution in [1.29, 1.82) is 0 Å². The summed E-state index contributed by atoms with van der Waals surface area (Å²) >= 11 is 6.10. The molecule has 0 bridgehead atoms. The van der Waals surface area contributed by atoms with Crippen molar-refractivity contribution in [2.24, 2.45) is 0 Å². The highest BCUT2D eigenvalue weighted by molar-refractivity contribution is 6.30. The maximum Gasteiger partial charge on any atom is 0.0587 e. The number of anilines is 1. The van der Waals surface area contributed by atoms with E-state index in [-0.39, 0.29) is 6.61 Å². The molecule has 114 valence electrons. The number of halogens is 1. The fraction of sp³-hybridized carbons (Fsp3) is 0.600. The highest BCUT2D eigenvalue weighted by atomic mass is 35.5. The van der Waals surface area contributed by atoms with E-state index in [2.05, 4.69) is 23.2 Å². The molecule has 0 aliphatic carbocycles. The number of nitrogens with one attached hydrogen (secondary N) is 1. The summed E-state index contributed by atoms with van der Waals surface area (Å²) in [7, 11) is 1.69. The van der Waals surface area contributed by atoms with Gasteiger partial charge in [-0.2, -0.15) is 0 Å². The van der Waals surface area contributed by atoms with E-state index >= 15 is 0 Å². The Balaban J connectivity index is 2.76. The lowest BCUT2D eigenvalue weighted by Gasteiger charge is -2.26. The predicted octanol–water partition coefficient (Wildman–Crippen LogP) is 2.28. The normalized spacial score (nSPS) is 10.8. The monoisotopic (exact) mass is 300 g/mol. The van der Waals surface area contributed by atoms with Gasteiger partial charge in [-0.25, -0.2) is 0 Å². The molecule has 1 rings (SSSR count). The Labute approximate surface area is 126 Å². The van der Waals surface area contributed by atoms with Gasteiger partial charge in [0.05, 0.1) is 6.61 Å². The molecule has 0 spiro atoms. The van der Waals surface area contributed by atoms with Crippen molar-refractivity contribution in [2.75, 3.05) is 44.9 Å². The van der Waals surface area contributed by atoms with Crippen LogP contribution >= 0.6 is 11.6 Å². The van der Waals surface area contributed by atoms with Crippen molar-refractivity contribution in [3.05, 3.63) is 28.8 Å².